The van der Waals surface area contributed by atoms with E-state index in [1.54, 1.807) is 25.6 Å². The molecule has 4 nitrogen and oxygen atoms in total. The largest absolute Gasteiger partial charge is 0.493 e. The van der Waals surface area contributed by atoms with E-state index in [2.05, 4.69) is 35.8 Å². The summed E-state index contributed by atoms with van der Waals surface area (Å²) in [6, 6.07) is 18.3. The summed E-state index contributed by atoms with van der Waals surface area (Å²) in [5, 5.41) is 7.43. The highest BCUT2D eigenvalue weighted by Crippen LogP contribution is 2.39. The number of rotatable bonds is 7. The van der Waals surface area contributed by atoms with Crippen LogP contribution in [0.15, 0.2) is 60.0 Å². The fraction of sp³-hybridized carbons (Fsp3) is 0.208. The van der Waals surface area contributed by atoms with Crippen molar-refractivity contribution in [3.05, 3.63) is 75.4 Å². The van der Waals surface area contributed by atoms with Crippen LogP contribution in [0.1, 0.15) is 23.4 Å². The Morgan fingerprint density at radius 3 is 2.67 bits per heavy atom. The molecule has 6 heteroatoms. The summed E-state index contributed by atoms with van der Waals surface area (Å²) in [4.78, 5) is 6.28. The van der Waals surface area contributed by atoms with Gasteiger partial charge in [-0.2, -0.15) is 0 Å². The van der Waals surface area contributed by atoms with Crippen LogP contribution in [0.2, 0.25) is 5.02 Å². The number of pyridine rings is 1. The maximum Gasteiger partial charge on any atom is 0.170 e. The van der Waals surface area contributed by atoms with Crippen molar-refractivity contribution >= 4 is 33.8 Å². The molecule has 0 aliphatic rings. The van der Waals surface area contributed by atoms with Crippen LogP contribution in [0.4, 0.5) is 0 Å². The molecule has 0 aliphatic heterocycles. The van der Waals surface area contributed by atoms with Crippen LogP contribution in [0.3, 0.4) is 0 Å². The van der Waals surface area contributed by atoms with E-state index in [4.69, 9.17) is 26.1 Å². The number of para-hydroxylation sites is 1. The Hall–Kier alpha value is -2.60. The van der Waals surface area contributed by atoms with Crippen molar-refractivity contribution in [1.82, 2.24) is 10.3 Å². The predicted octanol–water partition coefficient (Wildman–Crippen LogP) is 6.48. The lowest BCUT2D eigenvalue weighted by molar-refractivity contribution is 0.356. The fourth-order valence-electron chi connectivity index (χ4n) is 3.53. The van der Waals surface area contributed by atoms with E-state index in [9.17, 15) is 0 Å². The van der Waals surface area contributed by atoms with Crippen molar-refractivity contribution in [2.75, 3.05) is 14.2 Å². The Kier molecular flexibility index (Phi) is 6.23. The lowest BCUT2D eigenvalue weighted by Gasteiger charge is -2.18. The molecule has 1 atom stereocenters. The summed E-state index contributed by atoms with van der Waals surface area (Å²) in [5.41, 5.74) is 3.67. The van der Waals surface area contributed by atoms with Gasteiger partial charge in [0.25, 0.3) is 0 Å². The maximum absolute atomic E-state index is 6.23. The Morgan fingerprint density at radius 1 is 1.07 bits per heavy atom. The summed E-state index contributed by atoms with van der Waals surface area (Å²) in [5.74, 6) is 1.34. The third kappa shape index (κ3) is 4.15. The molecule has 4 aromatic rings. The lowest BCUT2D eigenvalue weighted by atomic mass is 10.0. The van der Waals surface area contributed by atoms with Gasteiger partial charge in [0.05, 0.1) is 25.4 Å². The van der Waals surface area contributed by atoms with E-state index in [1.807, 2.05) is 36.4 Å². The van der Waals surface area contributed by atoms with Crippen molar-refractivity contribution in [2.45, 2.75) is 19.5 Å². The van der Waals surface area contributed by atoms with E-state index in [-0.39, 0.29) is 6.04 Å². The molecule has 0 fully saturated rings. The van der Waals surface area contributed by atoms with Gasteiger partial charge in [-0.25, -0.2) is 4.98 Å². The maximum atomic E-state index is 6.23. The molecule has 1 N–H and O–H groups in total. The van der Waals surface area contributed by atoms with Crippen LogP contribution >= 0.6 is 22.9 Å². The van der Waals surface area contributed by atoms with Gasteiger partial charge in [-0.15, -0.1) is 11.3 Å². The number of nitrogens with zero attached hydrogens (tertiary/aromatic N) is 1. The molecule has 2 heterocycles. The van der Waals surface area contributed by atoms with Crippen molar-refractivity contribution in [2.24, 2.45) is 0 Å². The third-order valence-corrected chi connectivity index (χ3v) is 6.38. The summed E-state index contributed by atoms with van der Waals surface area (Å²) in [6.07, 6.45) is 0. The van der Waals surface area contributed by atoms with Crippen molar-refractivity contribution < 1.29 is 9.47 Å². The molecule has 2 aromatic heterocycles. The Bertz CT molecular complexity index is 1160. The molecule has 4 rings (SSSR count). The SMILES string of the molecule is COc1cccc(-c2nc3cc(Cl)ccc3cc2CNC(C)c2cccs2)c1OC. The molecule has 0 radical (unpaired) electrons. The minimum atomic E-state index is 0.242. The molecule has 0 aliphatic carbocycles. The quantitative estimate of drug-likeness (QED) is 0.358. The number of hydrogen-bond donors (Lipinski definition) is 1. The predicted molar refractivity (Wildman–Crippen MR) is 125 cm³/mol. The van der Waals surface area contributed by atoms with Gasteiger partial charge in [-0.1, -0.05) is 29.8 Å². The normalized spacial score (nSPS) is 12.1. The van der Waals surface area contributed by atoms with Gasteiger partial charge in [0.1, 0.15) is 0 Å². The van der Waals surface area contributed by atoms with E-state index >= 15 is 0 Å². The van der Waals surface area contributed by atoms with E-state index < -0.39 is 0 Å². The summed E-state index contributed by atoms with van der Waals surface area (Å²) >= 11 is 7.98. The van der Waals surface area contributed by atoms with Crippen LogP contribution in [0, 0.1) is 0 Å². The van der Waals surface area contributed by atoms with Gasteiger partial charge < -0.3 is 14.8 Å². The first kappa shape index (κ1) is 20.7. The van der Waals surface area contributed by atoms with Crippen molar-refractivity contribution in [3.8, 4) is 22.8 Å². The molecular formula is C24H23ClN2O2S. The van der Waals surface area contributed by atoms with E-state index in [0.29, 0.717) is 23.1 Å². The Balaban J connectivity index is 1.81. The van der Waals surface area contributed by atoms with Crippen LogP contribution in [-0.2, 0) is 6.54 Å². The zero-order chi connectivity index (χ0) is 21.1. The highest BCUT2D eigenvalue weighted by atomic mass is 35.5. The number of methoxy groups -OCH3 is 2. The van der Waals surface area contributed by atoms with Crippen LogP contribution < -0.4 is 14.8 Å². The van der Waals surface area contributed by atoms with Crippen LogP contribution in [-0.4, -0.2) is 19.2 Å². The molecule has 0 saturated carbocycles. The number of ether oxygens (including phenoxy) is 2. The first-order valence-corrected chi connectivity index (χ1v) is 10.9. The first-order chi connectivity index (χ1) is 14.6. The van der Waals surface area contributed by atoms with Gasteiger partial charge >= 0.3 is 0 Å². The number of thiophene rings is 1. The first-order valence-electron chi connectivity index (χ1n) is 9.68. The second-order valence-corrected chi connectivity index (χ2v) is 8.41. The minimum absolute atomic E-state index is 0.242. The highest BCUT2D eigenvalue weighted by Gasteiger charge is 2.18. The second-order valence-electron chi connectivity index (χ2n) is 6.99. The zero-order valence-corrected chi connectivity index (χ0v) is 18.7. The number of aromatic nitrogens is 1. The Morgan fingerprint density at radius 2 is 1.93 bits per heavy atom. The standard InChI is InChI=1S/C24H23ClN2O2S/c1-15(22-8-5-11-30-22)26-14-17-12-16-9-10-18(25)13-20(16)27-23(17)19-6-4-7-21(28-2)24(19)29-3/h4-13,15,26H,14H2,1-3H3. The Labute approximate surface area is 185 Å². The second kappa shape index (κ2) is 9.04. The lowest BCUT2D eigenvalue weighted by Crippen LogP contribution is -2.18. The molecule has 2 aromatic carbocycles. The third-order valence-electron chi connectivity index (χ3n) is 5.09. The van der Waals surface area contributed by atoms with Gasteiger partial charge in [-0.05, 0) is 54.3 Å². The molecule has 30 heavy (non-hydrogen) atoms. The fourth-order valence-corrected chi connectivity index (χ4v) is 4.45. The molecule has 1 unspecified atom stereocenters. The molecular weight excluding hydrogens is 416 g/mol. The molecule has 154 valence electrons. The number of benzene rings is 2. The number of halogens is 1. The average molecular weight is 439 g/mol. The molecule has 0 saturated heterocycles. The highest BCUT2D eigenvalue weighted by molar-refractivity contribution is 7.10. The monoisotopic (exact) mass is 438 g/mol. The molecule has 0 bridgehead atoms. The molecule has 0 spiro atoms. The van der Waals surface area contributed by atoms with Gasteiger partial charge in [-0.3, -0.25) is 0 Å². The van der Waals surface area contributed by atoms with Crippen LogP contribution in [0.25, 0.3) is 22.2 Å². The number of nitrogens with one attached hydrogen (secondary N) is 1. The van der Waals surface area contributed by atoms with Crippen LogP contribution in [0.5, 0.6) is 11.5 Å². The van der Waals surface area contributed by atoms with Gasteiger partial charge in [0.15, 0.2) is 11.5 Å². The van der Waals surface area contributed by atoms with Gasteiger partial charge in [0, 0.05) is 33.4 Å². The average Bonchev–Trinajstić information content (AvgIpc) is 3.31. The summed E-state index contributed by atoms with van der Waals surface area (Å²) in [7, 11) is 3.29. The topological polar surface area (TPSA) is 43.4 Å². The number of fused-ring (bicyclic) bond motifs is 1. The summed E-state index contributed by atoms with van der Waals surface area (Å²) in [6.45, 7) is 2.84. The van der Waals surface area contributed by atoms with Crippen molar-refractivity contribution in [1.29, 1.82) is 0 Å². The summed E-state index contributed by atoms with van der Waals surface area (Å²) < 4.78 is 11.2. The smallest absolute Gasteiger partial charge is 0.170 e. The van der Waals surface area contributed by atoms with Crippen molar-refractivity contribution in [3.63, 3.8) is 0 Å². The minimum Gasteiger partial charge on any atom is -0.493 e. The van der Waals surface area contributed by atoms with E-state index in [1.165, 1.54) is 4.88 Å². The zero-order valence-electron chi connectivity index (χ0n) is 17.1. The van der Waals surface area contributed by atoms with Gasteiger partial charge in [0.2, 0.25) is 0 Å². The molecule has 0 amide bonds. The van der Waals surface area contributed by atoms with E-state index in [0.717, 1.165) is 27.7 Å². The number of hydrogen-bond acceptors (Lipinski definition) is 5.